The van der Waals surface area contributed by atoms with Crippen LogP contribution in [0, 0.1) is 0 Å². The van der Waals surface area contributed by atoms with Gasteiger partial charge in [-0.25, -0.2) is 4.98 Å². The molecule has 23 heavy (non-hydrogen) atoms. The van der Waals surface area contributed by atoms with E-state index in [-0.39, 0.29) is 0 Å². The third-order valence-corrected chi connectivity index (χ3v) is 3.80. The van der Waals surface area contributed by atoms with Crippen LogP contribution in [0.2, 0.25) is 5.15 Å². The topological polar surface area (TPSA) is 53.6 Å². The third kappa shape index (κ3) is 2.64. The van der Waals surface area contributed by atoms with Crippen LogP contribution in [0.25, 0.3) is 22.2 Å². The fraction of sp³-hybridized carbons (Fsp3) is 0. The van der Waals surface area contributed by atoms with E-state index in [4.69, 9.17) is 11.6 Å². The molecule has 2 aromatic carbocycles. The van der Waals surface area contributed by atoms with Gasteiger partial charge < -0.3 is 5.32 Å². The third-order valence-electron chi connectivity index (χ3n) is 3.61. The number of aromatic nitrogens is 3. The summed E-state index contributed by atoms with van der Waals surface area (Å²) in [6.45, 7) is 0. The molecule has 0 amide bonds. The smallest absolute Gasteiger partial charge is 0.158 e. The largest absolute Gasteiger partial charge is 0.338 e. The molecule has 0 aliphatic carbocycles. The lowest BCUT2D eigenvalue weighted by atomic mass is 10.1. The van der Waals surface area contributed by atoms with Gasteiger partial charge in [-0.1, -0.05) is 60.1 Å². The monoisotopic (exact) mass is 320 g/mol. The van der Waals surface area contributed by atoms with Crippen LogP contribution in [-0.2, 0) is 0 Å². The Labute approximate surface area is 138 Å². The molecule has 0 unspecified atom stereocenters. The molecule has 0 bridgehead atoms. The number of benzene rings is 2. The van der Waals surface area contributed by atoms with Crippen molar-refractivity contribution in [1.29, 1.82) is 0 Å². The standard InChI is InChI=1S/C18H13ClN4/c19-15-11-14-16(12-7-3-1-4-8-12)22-23-17(14)18(21-15)20-13-9-5-2-6-10-13/h1-11H,(H,20,21)(H,22,23). The number of rotatable bonds is 3. The molecule has 0 spiro atoms. The summed E-state index contributed by atoms with van der Waals surface area (Å²) in [7, 11) is 0. The molecule has 0 radical (unpaired) electrons. The number of para-hydroxylation sites is 1. The molecule has 4 rings (SSSR count). The van der Waals surface area contributed by atoms with Crippen molar-refractivity contribution in [2.45, 2.75) is 0 Å². The van der Waals surface area contributed by atoms with Gasteiger partial charge >= 0.3 is 0 Å². The summed E-state index contributed by atoms with van der Waals surface area (Å²) in [6.07, 6.45) is 0. The maximum absolute atomic E-state index is 6.21. The van der Waals surface area contributed by atoms with Crippen LogP contribution in [0.15, 0.2) is 66.7 Å². The van der Waals surface area contributed by atoms with Crippen molar-refractivity contribution < 1.29 is 0 Å². The molecular weight excluding hydrogens is 308 g/mol. The molecule has 5 heteroatoms. The predicted molar refractivity (Wildman–Crippen MR) is 94.1 cm³/mol. The first-order valence-electron chi connectivity index (χ1n) is 7.23. The number of fused-ring (bicyclic) bond motifs is 1. The summed E-state index contributed by atoms with van der Waals surface area (Å²) < 4.78 is 0. The Morgan fingerprint density at radius 3 is 2.35 bits per heavy atom. The highest BCUT2D eigenvalue weighted by molar-refractivity contribution is 6.30. The van der Waals surface area contributed by atoms with Crippen LogP contribution in [0.5, 0.6) is 0 Å². The van der Waals surface area contributed by atoms with Crippen molar-refractivity contribution in [3.05, 3.63) is 71.9 Å². The van der Waals surface area contributed by atoms with Crippen molar-refractivity contribution >= 4 is 34.0 Å². The summed E-state index contributed by atoms with van der Waals surface area (Å²) >= 11 is 6.21. The first kappa shape index (κ1) is 13.8. The van der Waals surface area contributed by atoms with E-state index in [0.717, 1.165) is 27.8 Å². The van der Waals surface area contributed by atoms with E-state index in [2.05, 4.69) is 20.5 Å². The number of nitrogens with zero attached hydrogens (tertiary/aromatic N) is 2. The van der Waals surface area contributed by atoms with E-state index in [1.807, 2.05) is 66.7 Å². The van der Waals surface area contributed by atoms with E-state index in [1.165, 1.54) is 0 Å². The average molecular weight is 321 g/mol. The van der Waals surface area contributed by atoms with Gasteiger partial charge in [0, 0.05) is 16.6 Å². The molecule has 0 aliphatic rings. The summed E-state index contributed by atoms with van der Waals surface area (Å²) in [6, 6.07) is 21.7. The highest BCUT2D eigenvalue weighted by atomic mass is 35.5. The zero-order chi connectivity index (χ0) is 15.6. The lowest BCUT2D eigenvalue weighted by Gasteiger charge is -2.07. The summed E-state index contributed by atoms with van der Waals surface area (Å²) in [5.41, 5.74) is 3.67. The molecule has 4 aromatic rings. The fourth-order valence-electron chi connectivity index (χ4n) is 2.55. The number of H-pyrrole nitrogens is 1. The maximum Gasteiger partial charge on any atom is 0.158 e. The molecule has 0 saturated heterocycles. The average Bonchev–Trinajstić information content (AvgIpc) is 3.00. The summed E-state index contributed by atoms with van der Waals surface area (Å²) in [5, 5.41) is 12.2. The van der Waals surface area contributed by atoms with E-state index in [9.17, 15) is 0 Å². The van der Waals surface area contributed by atoms with Crippen LogP contribution in [0.1, 0.15) is 0 Å². The second-order valence-electron chi connectivity index (χ2n) is 5.15. The Balaban J connectivity index is 1.85. The van der Waals surface area contributed by atoms with Crippen LogP contribution in [0.4, 0.5) is 11.5 Å². The molecule has 2 aromatic heterocycles. The Bertz CT molecular complexity index is 949. The van der Waals surface area contributed by atoms with Crippen LogP contribution in [0.3, 0.4) is 0 Å². The summed E-state index contributed by atoms with van der Waals surface area (Å²) in [4.78, 5) is 4.39. The number of halogens is 1. The van der Waals surface area contributed by atoms with Gasteiger partial charge in [-0.05, 0) is 18.2 Å². The van der Waals surface area contributed by atoms with Gasteiger partial charge in [0.1, 0.15) is 16.4 Å². The Morgan fingerprint density at radius 1 is 0.913 bits per heavy atom. The van der Waals surface area contributed by atoms with Gasteiger partial charge in [-0.15, -0.1) is 0 Å². The minimum atomic E-state index is 0.425. The van der Waals surface area contributed by atoms with Gasteiger partial charge in [0.05, 0.1) is 0 Å². The summed E-state index contributed by atoms with van der Waals surface area (Å²) in [5.74, 6) is 0.661. The molecule has 0 saturated carbocycles. The second kappa shape index (κ2) is 5.74. The molecule has 0 fully saturated rings. The number of nitrogens with one attached hydrogen (secondary N) is 2. The minimum Gasteiger partial charge on any atom is -0.338 e. The lowest BCUT2D eigenvalue weighted by molar-refractivity contribution is 1.12. The first-order valence-corrected chi connectivity index (χ1v) is 7.61. The fourth-order valence-corrected chi connectivity index (χ4v) is 2.74. The van der Waals surface area contributed by atoms with Crippen molar-refractivity contribution in [2.75, 3.05) is 5.32 Å². The number of aromatic amines is 1. The van der Waals surface area contributed by atoms with Gasteiger partial charge in [0.15, 0.2) is 5.82 Å². The molecule has 2 N–H and O–H groups in total. The van der Waals surface area contributed by atoms with E-state index in [0.29, 0.717) is 11.0 Å². The SMILES string of the molecule is Clc1cc2c(-c3ccccc3)n[nH]c2c(Nc2ccccc2)n1. The first-order chi connectivity index (χ1) is 11.3. The van der Waals surface area contributed by atoms with E-state index >= 15 is 0 Å². The molecular formula is C18H13ClN4. The van der Waals surface area contributed by atoms with Gasteiger partial charge in [0.25, 0.3) is 0 Å². The van der Waals surface area contributed by atoms with Crippen LogP contribution < -0.4 is 5.32 Å². The lowest BCUT2D eigenvalue weighted by Crippen LogP contribution is -1.95. The van der Waals surface area contributed by atoms with Crippen molar-refractivity contribution in [3.63, 3.8) is 0 Å². The number of hydrogen-bond donors (Lipinski definition) is 2. The Kier molecular flexibility index (Phi) is 3.44. The quantitative estimate of drug-likeness (QED) is 0.521. The molecule has 0 aliphatic heterocycles. The molecule has 2 heterocycles. The van der Waals surface area contributed by atoms with E-state index in [1.54, 1.807) is 0 Å². The predicted octanol–water partition coefficient (Wildman–Crippen LogP) is 5.02. The molecule has 112 valence electrons. The van der Waals surface area contributed by atoms with Crippen molar-refractivity contribution in [3.8, 4) is 11.3 Å². The highest BCUT2D eigenvalue weighted by Crippen LogP contribution is 2.32. The van der Waals surface area contributed by atoms with Gasteiger partial charge in [-0.3, -0.25) is 5.10 Å². The maximum atomic E-state index is 6.21. The normalized spacial score (nSPS) is 10.8. The zero-order valence-corrected chi connectivity index (χ0v) is 12.9. The van der Waals surface area contributed by atoms with Gasteiger partial charge in [0.2, 0.25) is 0 Å². The second-order valence-corrected chi connectivity index (χ2v) is 5.53. The van der Waals surface area contributed by atoms with Crippen molar-refractivity contribution in [2.24, 2.45) is 0 Å². The van der Waals surface area contributed by atoms with Crippen LogP contribution in [-0.4, -0.2) is 15.2 Å². The molecule has 0 atom stereocenters. The number of pyridine rings is 1. The Morgan fingerprint density at radius 2 is 1.61 bits per heavy atom. The number of hydrogen-bond acceptors (Lipinski definition) is 3. The minimum absolute atomic E-state index is 0.425. The Hall–Kier alpha value is -2.85. The van der Waals surface area contributed by atoms with Gasteiger partial charge in [-0.2, -0.15) is 5.10 Å². The highest BCUT2D eigenvalue weighted by Gasteiger charge is 2.13. The van der Waals surface area contributed by atoms with Crippen molar-refractivity contribution in [1.82, 2.24) is 15.2 Å². The zero-order valence-electron chi connectivity index (χ0n) is 12.1. The van der Waals surface area contributed by atoms with E-state index < -0.39 is 0 Å². The number of anilines is 2. The van der Waals surface area contributed by atoms with Crippen LogP contribution >= 0.6 is 11.6 Å². The molecule has 4 nitrogen and oxygen atoms in total.